The molecule has 170 valence electrons. The maximum Gasteiger partial charge on any atom is 0.265 e. The molecule has 0 bridgehead atoms. The van der Waals surface area contributed by atoms with E-state index >= 15 is 0 Å². The van der Waals surface area contributed by atoms with E-state index in [1.807, 2.05) is 47.4 Å². The summed E-state index contributed by atoms with van der Waals surface area (Å²) in [5.41, 5.74) is 2.69. The number of ether oxygens (including phenoxy) is 1. The van der Waals surface area contributed by atoms with Crippen LogP contribution in [0, 0.1) is 0 Å². The van der Waals surface area contributed by atoms with Gasteiger partial charge in [-0.3, -0.25) is 9.59 Å². The number of fused-ring (bicyclic) bond motifs is 1. The fourth-order valence-corrected chi connectivity index (χ4v) is 4.54. The van der Waals surface area contributed by atoms with E-state index in [4.69, 9.17) is 9.84 Å². The highest BCUT2D eigenvalue weighted by atomic mass is 16.5. The molecule has 2 amide bonds. The van der Waals surface area contributed by atoms with Gasteiger partial charge in [0, 0.05) is 31.8 Å². The van der Waals surface area contributed by atoms with Crippen molar-refractivity contribution in [3.63, 3.8) is 0 Å². The van der Waals surface area contributed by atoms with Gasteiger partial charge in [-0.15, -0.1) is 0 Å². The molecular formula is C25H31N3O4. The van der Waals surface area contributed by atoms with Crippen molar-refractivity contribution in [2.75, 3.05) is 50.8 Å². The Kier molecular flexibility index (Phi) is 7.39. The number of carbonyl (C=O) groups is 2. The normalized spacial score (nSPS) is 17.0. The van der Waals surface area contributed by atoms with Crippen LogP contribution < -0.4 is 15.0 Å². The largest absolute Gasteiger partial charge is 0.482 e. The molecule has 1 fully saturated rings. The van der Waals surface area contributed by atoms with Crippen molar-refractivity contribution in [3.8, 4) is 5.75 Å². The first-order chi connectivity index (χ1) is 15.7. The molecule has 32 heavy (non-hydrogen) atoms. The van der Waals surface area contributed by atoms with Crippen molar-refractivity contribution in [1.29, 1.82) is 0 Å². The van der Waals surface area contributed by atoms with Crippen LogP contribution in [0.25, 0.3) is 0 Å². The van der Waals surface area contributed by atoms with Crippen LogP contribution in [0.15, 0.2) is 48.5 Å². The number of aliphatic hydroxyl groups excluding tert-OH is 1. The van der Waals surface area contributed by atoms with Crippen LogP contribution >= 0.6 is 0 Å². The second kappa shape index (κ2) is 10.6. The zero-order valence-electron chi connectivity index (χ0n) is 18.3. The highest BCUT2D eigenvalue weighted by Gasteiger charge is 2.27. The standard InChI is InChI=1S/C25H31N3O4/c29-17-5-12-26-25(31)21-7-2-1-6-20(21)19-10-13-27(14-11-19)15-16-28-22-8-3-4-9-23(22)32-18-24(28)30/h1-4,6-9,19,29H,5,10-18H2,(H,26,31). The average Bonchev–Trinajstić information content (AvgIpc) is 2.84. The summed E-state index contributed by atoms with van der Waals surface area (Å²) in [6, 6.07) is 15.5. The van der Waals surface area contributed by atoms with Crippen molar-refractivity contribution in [1.82, 2.24) is 10.2 Å². The summed E-state index contributed by atoms with van der Waals surface area (Å²) >= 11 is 0. The summed E-state index contributed by atoms with van der Waals surface area (Å²) < 4.78 is 5.53. The molecule has 2 aliphatic heterocycles. The van der Waals surface area contributed by atoms with Crippen molar-refractivity contribution in [3.05, 3.63) is 59.7 Å². The van der Waals surface area contributed by atoms with Gasteiger partial charge in [-0.2, -0.15) is 0 Å². The Morgan fingerprint density at radius 1 is 1.06 bits per heavy atom. The van der Waals surface area contributed by atoms with Crippen LogP contribution in [0.2, 0.25) is 0 Å². The van der Waals surface area contributed by atoms with E-state index in [1.165, 1.54) is 0 Å². The number of hydrogen-bond acceptors (Lipinski definition) is 5. The number of anilines is 1. The summed E-state index contributed by atoms with van der Waals surface area (Å²) in [5.74, 6) is 1.04. The van der Waals surface area contributed by atoms with Gasteiger partial charge in [0.05, 0.1) is 5.69 Å². The van der Waals surface area contributed by atoms with E-state index in [9.17, 15) is 9.59 Å². The van der Waals surface area contributed by atoms with E-state index in [-0.39, 0.29) is 25.0 Å². The van der Waals surface area contributed by atoms with Crippen LogP contribution in [0.1, 0.15) is 41.1 Å². The molecule has 2 aromatic rings. The molecule has 0 aromatic heterocycles. The number of amides is 2. The number of rotatable bonds is 8. The lowest BCUT2D eigenvalue weighted by atomic mass is 9.86. The van der Waals surface area contributed by atoms with Crippen molar-refractivity contribution in [2.45, 2.75) is 25.2 Å². The Morgan fingerprint density at radius 2 is 1.81 bits per heavy atom. The lowest BCUT2D eigenvalue weighted by molar-refractivity contribution is -0.121. The van der Waals surface area contributed by atoms with Crippen LogP contribution in [0.3, 0.4) is 0 Å². The summed E-state index contributed by atoms with van der Waals surface area (Å²) in [5, 5.41) is 11.8. The number of carbonyl (C=O) groups excluding carboxylic acids is 2. The highest BCUT2D eigenvalue weighted by molar-refractivity contribution is 5.97. The van der Waals surface area contributed by atoms with Gasteiger partial charge in [0.1, 0.15) is 5.75 Å². The Balaban J connectivity index is 1.33. The second-order valence-electron chi connectivity index (χ2n) is 8.34. The van der Waals surface area contributed by atoms with E-state index in [0.29, 0.717) is 25.4 Å². The molecule has 2 heterocycles. The summed E-state index contributed by atoms with van der Waals surface area (Å²) in [7, 11) is 0. The van der Waals surface area contributed by atoms with E-state index < -0.39 is 0 Å². The minimum Gasteiger partial charge on any atom is -0.482 e. The van der Waals surface area contributed by atoms with E-state index in [2.05, 4.69) is 16.3 Å². The summed E-state index contributed by atoms with van der Waals surface area (Å²) in [6.45, 7) is 3.98. The van der Waals surface area contributed by atoms with Crippen LogP contribution in [0.4, 0.5) is 5.69 Å². The molecule has 2 aliphatic rings. The van der Waals surface area contributed by atoms with Crippen LogP contribution in [0.5, 0.6) is 5.75 Å². The molecule has 7 heteroatoms. The number of nitrogens with one attached hydrogen (secondary N) is 1. The van der Waals surface area contributed by atoms with E-state index in [1.54, 1.807) is 0 Å². The van der Waals surface area contributed by atoms with Gasteiger partial charge in [0.15, 0.2) is 6.61 Å². The topological polar surface area (TPSA) is 82.1 Å². The number of benzene rings is 2. The molecule has 4 rings (SSSR count). The van der Waals surface area contributed by atoms with Crippen molar-refractivity contribution < 1.29 is 19.4 Å². The minimum atomic E-state index is -0.0685. The van der Waals surface area contributed by atoms with Crippen LogP contribution in [-0.4, -0.2) is 67.8 Å². The molecule has 2 N–H and O–H groups in total. The van der Waals surface area contributed by atoms with Gasteiger partial charge >= 0.3 is 0 Å². The number of piperidine rings is 1. The molecule has 0 atom stereocenters. The zero-order chi connectivity index (χ0) is 22.3. The Hall–Kier alpha value is -2.90. The van der Waals surface area contributed by atoms with Gasteiger partial charge < -0.3 is 25.0 Å². The SMILES string of the molecule is O=C(NCCCO)c1ccccc1C1CCN(CCN2C(=O)COc3ccccc32)CC1. The minimum absolute atomic E-state index is 0.000256. The zero-order valence-corrected chi connectivity index (χ0v) is 18.3. The molecule has 7 nitrogen and oxygen atoms in total. The third kappa shape index (κ3) is 5.11. The quantitative estimate of drug-likeness (QED) is 0.620. The Labute approximate surface area is 189 Å². The number of likely N-dealkylation sites (tertiary alicyclic amines) is 1. The third-order valence-corrected chi connectivity index (χ3v) is 6.30. The van der Waals surface area contributed by atoms with Gasteiger partial charge in [0.2, 0.25) is 0 Å². The molecule has 0 spiro atoms. The first-order valence-corrected chi connectivity index (χ1v) is 11.4. The smallest absolute Gasteiger partial charge is 0.265 e. The molecule has 0 aliphatic carbocycles. The third-order valence-electron chi connectivity index (χ3n) is 6.30. The molecule has 2 aromatic carbocycles. The number of aliphatic hydroxyl groups is 1. The van der Waals surface area contributed by atoms with E-state index in [0.717, 1.165) is 55.0 Å². The highest BCUT2D eigenvalue weighted by Crippen LogP contribution is 2.32. The number of nitrogens with zero attached hydrogens (tertiary/aromatic N) is 2. The van der Waals surface area contributed by atoms with Gasteiger partial charge in [0.25, 0.3) is 11.8 Å². The van der Waals surface area contributed by atoms with Gasteiger partial charge in [-0.25, -0.2) is 0 Å². The first-order valence-electron chi connectivity index (χ1n) is 11.4. The lowest BCUT2D eigenvalue weighted by Crippen LogP contribution is -2.45. The monoisotopic (exact) mass is 437 g/mol. The predicted molar refractivity (Wildman–Crippen MR) is 123 cm³/mol. The fourth-order valence-electron chi connectivity index (χ4n) is 4.54. The van der Waals surface area contributed by atoms with Gasteiger partial charge in [-0.1, -0.05) is 30.3 Å². The van der Waals surface area contributed by atoms with Gasteiger partial charge in [-0.05, 0) is 62.0 Å². The predicted octanol–water partition coefficient (Wildman–Crippen LogP) is 2.40. The number of hydrogen-bond donors (Lipinski definition) is 2. The summed E-state index contributed by atoms with van der Waals surface area (Å²) in [4.78, 5) is 29.2. The lowest BCUT2D eigenvalue weighted by Gasteiger charge is -2.35. The maximum atomic E-state index is 12.6. The van der Waals surface area contributed by atoms with Crippen molar-refractivity contribution >= 4 is 17.5 Å². The Bertz CT molecular complexity index is 940. The number of para-hydroxylation sites is 2. The molecule has 0 radical (unpaired) electrons. The van der Waals surface area contributed by atoms with Crippen molar-refractivity contribution in [2.24, 2.45) is 0 Å². The Morgan fingerprint density at radius 3 is 2.62 bits per heavy atom. The first kappa shape index (κ1) is 22.3. The molecule has 0 unspecified atom stereocenters. The summed E-state index contributed by atoms with van der Waals surface area (Å²) in [6.07, 6.45) is 2.52. The molecule has 1 saturated heterocycles. The molecular weight excluding hydrogens is 406 g/mol. The fraction of sp³-hybridized carbons (Fsp3) is 0.440. The average molecular weight is 438 g/mol. The molecule has 0 saturated carbocycles. The maximum absolute atomic E-state index is 12.6. The van der Waals surface area contributed by atoms with Crippen LogP contribution in [-0.2, 0) is 4.79 Å². The second-order valence-corrected chi connectivity index (χ2v) is 8.34.